The molecule has 16 nitrogen and oxygen atoms in total. The Balaban J connectivity index is 2.06. The molecule has 0 spiro atoms. The zero-order valence-corrected chi connectivity index (χ0v) is 27.4. The molecule has 2 fully saturated rings. The number of ether oxygens (including phenoxy) is 9. The third-order valence-corrected chi connectivity index (χ3v) is 7.08. The molecule has 0 radical (unpaired) electrons. The average molecular weight is 682 g/mol. The van der Waals surface area contributed by atoms with E-state index in [1.807, 2.05) is 30.3 Å². The fourth-order valence-electron chi connectivity index (χ4n) is 5.30. The first-order chi connectivity index (χ1) is 22.8. The Morgan fingerprint density at radius 2 is 1.40 bits per heavy atom. The number of hydrogen-bond donors (Lipinski definition) is 2. The van der Waals surface area contributed by atoms with Crippen LogP contribution in [0.4, 0.5) is 0 Å². The van der Waals surface area contributed by atoms with Crippen molar-refractivity contribution in [3.8, 4) is 0 Å². The van der Waals surface area contributed by atoms with Crippen LogP contribution in [-0.2, 0) is 73.2 Å². The first-order valence-corrected chi connectivity index (χ1v) is 15.2. The van der Waals surface area contributed by atoms with Crippen LogP contribution in [-0.4, -0.2) is 116 Å². The van der Waals surface area contributed by atoms with E-state index in [0.29, 0.717) is 0 Å². The Bertz CT molecular complexity index is 1260. The lowest BCUT2D eigenvalue weighted by Crippen LogP contribution is -2.68. The summed E-state index contributed by atoms with van der Waals surface area (Å²) in [6, 6.07) is 8.06. The minimum atomic E-state index is -1.61. The maximum absolute atomic E-state index is 12.4. The summed E-state index contributed by atoms with van der Waals surface area (Å²) in [4.78, 5) is 60.7. The number of esters is 4. The lowest BCUT2D eigenvalue weighted by molar-refractivity contribution is -0.350. The van der Waals surface area contributed by atoms with Gasteiger partial charge in [0.1, 0.15) is 37.1 Å². The fraction of sp³-hybridized carbons (Fsp3) is 0.594. The van der Waals surface area contributed by atoms with Crippen LogP contribution in [0.2, 0.25) is 0 Å². The Hall–Kier alpha value is -3.93. The Morgan fingerprint density at radius 3 is 1.98 bits per heavy atom. The molecule has 1 aromatic carbocycles. The number of rotatable bonds is 15. The fourth-order valence-corrected chi connectivity index (χ4v) is 5.30. The highest BCUT2D eigenvalue weighted by molar-refractivity contribution is 5.73. The van der Waals surface area contributed by atoms with Crippen molar-refractivity contribution in [2.75, 3.05) is 19.8 Å². The summed E-state index contributed by atoms with van der Waals surface area (Å²) < 4.78 is 52.0. The number of nitrogens with one attached hydrogen (secondary N) is 1. The third kappa shape index (κ3) is 11.4. The van der Waals surface area contributed by atoms with Crippen molar-refractivity contribution >= 4 is 29.8 Å². The van der Waals surface area contributed by atoms with Crippen molar-refractivity contribution in [2.45, 2.75) is 103 Å². The molecule has 0 aromatic heterocycles. The van der Waals surface area contributed by atoms with Gasteiger partial charge in [0.2, 0.25) is 5.91 Å². The van der Waals surface area contributed by atoms with E-state index in [4.69, 9.17) is 42.6 Å². The quantitative estimate of drug-likeness (QED) is 0.147. The average Bonchev–Trinajstić information content (AvgIpc) is 3.00. The van der Waals surface area contributed by atoms with Crippen LogP contribution in [0.5, 0.6) is 0 Å². The van der Waals surface area contributed by atoms with Gasteiger partial charge < -0.3 is 53.1 Å². The SMILES string of the molecule is C=CCO[C@@H]1[C@@H](NC(C)=O)[C@@H](O)O[C@H](COCc2ccccc2)[C@H]1O[C@@H]1O[C@H](COC(C)=O)[C@H](OC(C)=O)[C@H](OC(C)=O)[C@H]1OC(C)=O. The Kier molecular flexibility index (Phi) is 14.9. The maximum atomic E-state index is 12.4. The van der Waals surface area contributed by atoms with Gasteiger partial charge >= 0.3 is 23.9 Å². The second kappa shape index (κ2) is 18.6. The van der Waals surface area contributed by atoms with Crippen molar-refractivity contribution < 1.29 is 71.7 Å². The van der Waals surface area contributed by atoms with E-state index in [-0.39, 0.29) is 19.8 Å². The van der Waals surface area contributed by atoms with E-state index in [9.17, 15) is 29.1 Å². The molecule has 266 valence electrons. The summed E-state index contributed by atoms with van der Waals surface area (Å²) in [5.41, 5.74) is 0.849. The predicted octanol–water partition coefficient (Wildman–Crippen LogP) is 0.465. The van der Waals surface area contributed by atoms with Crippen molar-refractivity contribution in [1.82, 2.24) is 5.32 Å². The highest BCUT2D eigenvalue weighted by Crippen LogP contribution is 2.34. The lowest BCUT2D eigenvalue weighted by Gasteiger charge is -2.49. The molecule has 3 rings (SSSR count). The molecule has 1 aromatic rings. The lowest BCUT2D eigenvalue weighted by atomic mass is 9.95. The van der Waals surface area contributed by atoms with Gasteiger partial charge in [0.25, 0.3) is 0 Å². The Labute approximate surface area is 277 Å². The third-order valence-electron chi connectivity index (χ3n) is 7.08. The molecular formula is C32H43NO15. The molecule has 0 saturated carbocycles. The zero-order valence-electron chi connectivity index (χ0n) is 27.4. The van der Waals surface area contributed by atoms with Gasteiger partial charge in [-0.1, -0.05) is 36.4 Å². The number of carbonyl (C=O) groups is 5. The topological polar surface area (TPSA) is 201 Å². The first kappa shape index (κ1) is 38.5. The number of aliphatic hydroxyl groups is 1. The van der Waals surface area contributed by atoms with Crippen LogP contribution in [0.25, 0.3) is 0 Å². The summed E-state index contributed by atoms with van der Waals surface area (Å²) >= 11 is 0. The van der Waals surface area contributed by atoms with Gasteiger partial charge in [0, 0.05) is 34.6 Å². The maximum Gasteiger partial charge on any atom is 0.303 e. The van der Waals surface area contributed by atoms with E-state index in [1.165, 1.54) is 13.0 Å². The molecule has 1 amide bonds. The molecule has 2 saturated heterocycles. The number of hydrogen-bond acceptors (Lipinski definition) is 15. The van der Waals surface area contributed by atoms with Gasteiger partial charge in [0.15, 0.2) is 30.9 Å². The summed E-state index contributed by atoms with van der Waals surface area (Å²) in [5, 5.41) is 13.6. The predicted molar refractivity (Wildman–Crippen MR) is 161 cm³/mol. The molecule has 0 aliphatic carbocycles. The molecule has 0 bridgehead atoms. The van der Waals surface area contributed by atoms with Gasteiger partial charge in [0.05, 0.1) is 19.8 Å². The van der Waals surface area contributed by atoms with Crippen LogP contribution in [0.1, 0.15) is 40.2 Å². The van der Waals surface area contributed by atoms with Crippen molar-refractivity contribution in [3.05, 3.63) is 48.6 Å². The standard InChI is InChI=1S/C32H43NO15/c1-7-13-41-28-25(33-17(2)34)31(39)46-23(15-40-14-22-11-9-8-10-12-22)26(28)48-32-30(45-21(6)38)29(44-20(5)37)27(43-19(4)36)24(47-32)16-42-18(3)35/h7-12,23-32,39H,1,13-16H2,2-6H3,(H,33,34)/t23-,24-,25-,26-,27+,28-,29+,30-,31+,32+/m1/s1. The van der Waals surface area contributed by atoms with Crippen molar-refractivity contribution in [2.24, 2.45) is 0 Å². The van der Waals surface area contributed by atoms with Gasteiger partial charge in [-0.15, -0.1) is 6.58 Å². The molecule has 48 heavy (non-hydrogen) atoms. The molecule has 2 aliphatic heterocycles. The molecule has 2 N–H and O–H groups in total. The smallest absolute Gasteiger partial charge is 0.303 e. The number of carbonyl (C=O) groups excluding carboxylic acids is 5. The molecular weight excluding hydrogens is 638 g/mol. The van der Waals surface area contributed by atoms with Crippen LogP contribution < -0.4 is 5.32 Å². The zero-order chi connectivity index (χ0) is 35.4. The van der Waals surface area contributed by atoms with Gasteiger partial charge in [-0.25, -0.2) is 0 Å². The monoisotopic (exact) mass is 681 g/mol. The van der Waals surface area contributed by atoms with E-state index in [2.05, 4.69) is 11.9 Å². The molecule has 16 heteroatoms. The second-order valence-electron chi connectivity index (χ2n) is 11.0. The highest BCUT2D eigenvalue weighted by Gasteiger charge is 2.56. The second-order valence-corrected chi connectivity index (χ2v) is 11.0. The minimum absolute atomic E-state index is 0.0521. The minimum Gasteiger partial charge on any atom is -0.463 e. The largest absolute Gasteiger partial charge is 0.463 e. The van der Waals surface area contributed by atoms with Crippen LogP contribution in [0.15, 0.2) is 43.0 Å². The number of amides is 1. The van der Waals surface area contributed by atoms with Gasteiger partial charge in [-0.3, -0.25) is 24.0 Å². The van der Waals surface area contributed by atoms with Crippen LogP contribution >= 0.6 is 0 Å². The van der Waals surface area contributed by atoms with Gasteiger partial charge in [-0.05, 0) is 5.56 Å². The first-order valence-electron chi connectivity index (χ1n) is 15.2. The molecule has 2 aliphatic rings. The molecule has 0 unspecified atom stereocenters. The summed E-state index contributed by atoms with van der Waals surface area (Å²) in [5.74, 6) is -3.65. The number of aliphatic hydroxyl groups excluding tert-OH is 1. The summed E-state index contributed by atoms with van der Waals surface area (Å²) in [6.45, 7) is 8.81. The van der Waals surface area contributed by atoms with Crippen LogP contribution in [0, 0.1) is 0 Å². The Morgan fingerprint density at radius 1 is 0.792 bits per heavy atom. The molecule has 2 heterocycles. The normalized spacial score (nSPS) is 30.0. The van der Waals surface area contributed by atoms with E-state index < -0.39 is 97.7 Å². The van der Waals surface area contributed by atoms with Crippen LogP contribution in [0.3, 0.4) is 0 Å². The van der Waals surface area contributed by atoms with E-state index in [1.54, 1.807) is 0 Å². The highest BCUT2D eigenvalue weighted by atomic mass is 16.8. The van der Waals surface area contributed by atoms with Crippen molar-refractivity contribution in [3.63, 3.8) is 0 Å². The van der Waals surface area contributed by atoms with E-state index in [0.717, 1.165) is 33.3 Å². The van der Waals surface area contributed by atoms with E-state index >= 15 is 0 Å². The molecule has 10 atom stereocenters. The van der Waals surface area contributed by atoms with Gasteiger partial charge in [-0.2, -0.15) is 0 Å². The van der Waals surface area contributed by atoms with Crippen molar-refractivity contribution in [1.29, 1.82) is 0 Å². The summed E-state index contributed by atoms with van der Waals surface area (Å²) in [6.07, 6.45) is -11.0. The number of benzene rings is 1. The summed E-state index contributed by atoms with van der Waals surface area (Å²) in [7, 11) is 0.